The monoisotopic (exact) mass is 372 g/mol. The van der Waals surface area contributed by atoms with Crippen LogP contribution in [0.5, 0.6) is 0 Å². The van der Waals surface area contributed by atoms with E-state index in [0.29, 0.717) is 5.56 Å². The number of allylic oxidation sites excluding steroid dienone is 1. The van der Waals surface area contributed by atoms with Crippen molar-refractivity contribution in [1.82, 2.24) is 0 Å². The van der Waals surface area contributed by atoms with Crippen molar-refractivity contribution in [3.05, 3.63) is 47.5 Å². The summed E-state index contributed by atoms with van der Waals surface area (Å²) in [6, 6.07) is 7.53. The SMILES string of the molecule is CCCCCCCCCCCCC=CC1OC1c1cccc(C(=O)OC)c1. The quantitative estimate of drug-likeness (QED) is 0.156. The Morgan fingerprint density at radius 2 is 1.70 bits per heavy atom. The van der Waals surface area contributed by atoms with Gasteiger partial charge in [0.1, 0.15) is 12.2 Å². The lowest BCUT2D eigenvalue weighted by atomic mass is 10.0. The molecule has 2 atom stereocenters. The number of esters is 1. The van der Waals surface area contributed by atoms with Crippen LogP contribution in [0.1, 0.15) is 99.6 Å². The number of carbonyl (C=O) groups excluding carboxylic acids is 1. The van der Waals surface area contributed by atoms with Gasteiger partial charge in [-0.3, -0.25) is 0 Å². The first-order valence-corrected chi connectivity index (χ1v) is 10.8. The van der Waals surface area contributed by atoms with Crippen molar-refractivity contribution >= 4 is 5.97 Å². The summed E-state index contributed by atoms with van der Waals surface area (Å²) in [5.41, 5.74) is 1.63. The van der Waals surface area contributed by atoms with E-state index in [-0.39, 0.29) is 18.2 Å². The zero-order chi connectivity index (χ0) is 19.3. The largest absolute Gasteiger partial charge is 0.465 e. The Morgan fingerprint density at radius 1 is 1.04 bits per heavy atom. The van der Waals surface area contributed by atoms with Crippen molar-refractivity contribution in [2.24, 2.45) is 0 Å². The maximum atomic E-state index is 11.6. The highest BCUT2D eigenvalue weighted by molar-refractivity contribution is 5.89. The van der Waals surface area contributed by atoms with E-state index >= 15 is 0 Å². The van der Waals surface area contributed by atoms with E-state index in [0.717, 1.165) is 12.0 Å². The molecule has 0 spiro atoms. The molecule has 0 bridgehead atoms. The van der Waals surface area contributed by atoms with Crippen molar-refractivity contribution in [1.29, 1.82) is 0 Å². The lowest BCUT2D eigenvalue weighted by Crippen LogP contribution is -2.01. The van der Waals surface area contributed by atoms with Crippen LogP contribution in [0.3, 0.4) is 0 Å². The summed E-state index contributed by atoms with van der Waals surface area (Å²) in [6.07, 6.45) is 19.5. The summed E-state index contributed by atoms with van der Waals surface area (Å²) in [4.78, 5) is 11.6. The number of hydrogen-bond acceptors (Lipinski definition) is 3. The molecule has 2 rings (SSSR count). The first kappa shape index (κ1) is 21.7. The average Bonchev–Trinajstić information content (AvgIpc) is 3.48. The van der Waals surface area contributed by atoms with Crippen molar-refractivity contribution in [3.63, 3.8) is 0 Å². The summed E-state index contributed by atoms with van der Waals surface area (Å²) in [6.45, 7) is 2.27. The minimum Gasteiger partial charge on any atom is -0.465 e. The molecule has 0 aliphatic carbocycles. The fraction of sp³-hybridized carbons (Fsp3) is 0.625. The number of rotatable bonds is 14. The number of methoxy groups -OCH3 is 1. The summed E-state index contributed by atoms with van der Waals surface area (Å²) in [5.74, 6) is -0.300. The van der Waals surface area contributed by atoms with Crippen molar-refractivity contribution < 1.29 is 14.3 Å². The number of hydrogen-bond donors (Lipinski definition) is 0. The molecule has 3 nitrogen and oxygen atoms in total. The molecule has 150 valence electrons. The van der Waals surface area contributed by atoms with Crippen LogP contribution in [0, 0.1) is 0 Å². The van der Waals surface area contributed by atoms with Crippen LogP contribution in [0.2, 0.25) is 0 Å². The van der Waals surface area contributed by atoms with Gasteiger partial charge in [-0.1, -0.05) is 89.0 Å². The normalized spacial score (nSPS) is 18.7. The summed E-state index contributed by atoms with van der Waals surface area (Å²) >= 11 is 0. The van der Waals surface area contributed by atoms with Gasteiger partial charge in [0.15, 0.2) is 0 Å². The molecule has 3 heteroatoms. The van der Waals surface area contributed by atoms with Gasteiger partial charge in [0.25, 0.3) is 0 Å². The Labute approximate surface area is 165 Å². The number of epoxide rings is 1. The van der Waals surface area contributed by atoms with Crippen molar-refractivity contribution in [2.75, 3.05) is 7.11 Å². The molecule has 27 heavy (non-hydrogen) atoms. The molecular formula is C24H36O3. The Balaban J connectivity index is 1.52. The van der Waals surface area contributed by atoms with E-state index in [4.69, 9.17) is 9.47 Å². The first-order valence-electron chi connectivity index (χ1n) is 10.8. The van der Waals surface area contributed by atoms with E-state index in [1.165, 1.54) is 71.3 Å². The van der Waals surface area contributed by atoms with Crippen molar-refractivity contribution in [2.45, 2.75) is 89.8 Å². The number of carbonyl (C=O) groups is 1. The van der Waals surface area contributed by atoms with E-state index in [9.17, 15) is 4.79 Å². The molecule has 1 aliphatic heterocycles. The fourth-order valence-corrected chi connectivity index (χ4v) is 3.48. The third-order valence-electron chi connectivity index (χ3n) is 5.21. The van der Waals surface area contributed by atoms with Gasteiger partial charge in [-0.25, -0.2) is 4.79 Å². The highest BCUT2D eigenvalue weighted by Crippen LogP contribution is 2.39. The Kier molecular flexibility index (Phi) is 10.2. The topological polar surface area (TPSA) is 38.8 Å². The second-order valence-corrected chi connectivity index (χ2v) is 7.54. The molecule has 0 aromatic heterocycles. The van der Waals surface area contributed by atoms with Gasteiger partial charge >= 0.3 is 5.97 Å². The zero-order valence-corrected chi connectivity index (χ0v) is 17.1. The molecular weight excluding hydrogens is 336 g/mol. The van der Waals surface area contributed by atoms with Gasteiger partial charge in [-0.05, 0) is 30.5 Å². The number of ether oxygens (including phenoxy) is 2. The summed E-state index contributed by atoms with van der Waals surface area (Å²) in [7, 11) is 1.40. The number of benzene rings is 1. The third kappa shape index (κ3) is 8.30. The maximum absolute atomic E-state index is 11.6. The van der Waals surface area contributed by atoms with Crippen LogP contribution in [0.25, 0.3) is 0 Å². The fourth-order valence-electron chi connectivity index (χ4n) is 3.48. The molecule has 0 radical (unpaired) electrons. The molecule has 1 aliphatic rings. The molecule has 2 unspecified atom stereocenters. The minimum atomic E-state index is -0.300. The van der Waals surface area contributed by atoms with Crippen molar-refractivity contribution in [3.8, 4) is 0 Å². The zero-order valence-electron chi connectivity index (χ0n) is 17.1. The van der Waals surface area contributed by atoms with E-state index in [1.54, 1.807) is 6.07 Å². The van der Waals surface area contributed by atoms with E-state index < -0.39 is 0 Å². The highest BCUT2D eigenvalue weighted by Gasteiger charge is 2.38. The molecule has 1 heterocycles. The van der Waals surface area contributed by atoms with Gasteiger partial charge < -0.3 is 9.47 Å². The minimum absolute atomic E-state index is 0.0820. The lowest BCUT2D eigenvalue weighted by Gasteiger charge is -2.01. The van der Waals surface area contributed by atoms with Crippen LogP contribution in [0.4, 0.5) is 0 Å². The van der Waals surface area contributed by atoms with Crippen LogP contribution in [-0.4, -0.2) is 19.2 Å². The molecule has 1 aromatic rings. The third-order valence-corrected chi connectivity index (χ3v) is 5.21. The second-order valence-electron chi connectivity index (χ2n) is 7.54. The molecule has 0 amide bonds. The smallest absolute Gasteiger partial charge is 0.337 e. The standard InChI is InChI=1S/C24H36O3/c1-3-4-5-6-7-8-9-10-11-12-13-14-18-22-23(27-22)20-16-15-17-21(19-20)24(25)26-2/h14-19,22-23H,3-13H2,1-2H3. The molecule has 0 saturated carbocycles. The van der Waals surface area contributed by atoms with Crippen LogP contribution < -0.4 is 0 Å². The molecule has 1 aromatic carbocycles. The second kappa shape index (κ2) is 12.7. The number of unbranched alkanes of at least 4 members (excludes halogenated alkanes) is 10. The average molecular weight is 373 g/mol. The van der Waals surface area contributed by atoms with Crippen LogP contribution in [0.15, 0.2) is 36.4 Å². The summed E-state index contributed by atoms with van der Waals surface area (Å²) < 4.78 is 10.5. The predicted octanol–water partition coefficient (Wildman–Crippen LogP) is 6.78. The highest BCUT2D eigenvalue weighted by atomic mass is 16.6. The van der Waals surface area contributed by atoms with Crippen LogP contribution >= 0.6 is 0 Å². The van der Waals surface area contributed by atoms with Gasteiger partial charge in [0.05, 0.1) is 12.7 Å². The lowest BCUT2D eigenvalue weighted by molar-refractivity contribution is 0.0600. The Bertz CT molecular complexity index is 579. The predicted molar refractivity (Wildman–Crippen MR) is 111 cm³/mol. The van der Waals surface area contributed by atoms with Gasteiger partial charge in [0.2, 0.25) is 0 Å². The van der Waals surface area contributed by atoms with Crippen LogP contribution in [-0.2, 0) is 9.47 Å². The van der Waals surface area contributed by atoms with E-state index in [2.05, 4.69) is 19.1 Å². The van der Waals surface area contributed by atoms with Gasteiger partial charge in [-0.2, -0.15) is 0 Å². The van der Waals surface area contributed by atoms with Gasteiger partial charge in [-0.15, -0.1) is 0 Å². The summed E-state index contributed by atoms with van der Waals surface area (Å²) in [5, 5.41) is 0. The molecule has 1 fully saturated rings. The maximum Gasteiger partial charge on any atom is 0.337 e. The Morgan fingerprint density at radius 3 is 2.37 bits per heavy atom. The molecule has 0 N–H and O–H groups in total. The van der Waals surface area contributed by atoms with Gasteiger partial charge in [0, 0.05) is 0 Å². The first-order chi connectivity index (χ1) is 13.3. The molecule has 1 saturated heterocycles. The van der Waals surface area contributed by atoms with E-state index in [1.807, 2.05) is 18.2 Å². The Hall–Kier alpha value is -1.61.